The van der Waals surface area contributed by atoms with E-state index in [1.54, 1.807) is 7.11 Å². The molecule has 1 heterocycles. The topological polar surface area (TPSA) is 71.0 Å². The molecule has 0 spiro atoms. The highest BCUT2D eigenvalue weighted by atomic mass is 16.6. The first kappa shape index (κ1) is 23.5. The van der Waals surface area contributed by atoms with Crippen molar-refractivity contribution in [2.45, 2.75) is 90.9 Å². The molecule has 5 heteroatoms. The lowest BCUT2D eigenvalue weighted by Gasteiger charge is -2.46. The molecule has 29 heavy (non-hydrogen) atoms. The van der Waals surface area contributed by atoms with Crippen molar-refractivity contribution in [1.29, 1.82) is 0 Å². The van der Waals surface area contributed by atoms with Crippen LogP contribution in [0.15, 0.2) is 0 Å². The Bertz CT molecular complexity index is 495. The minimum atomic E-state index is -0.679. The smallest absolute Gasteiger partial charge is 0.156 e. The highest BCUT2D eigenvalue weighted by molar-refractivity contribution is 4.99. The largest absolute Gasteiger partial charge is 0.381 e. The van der Waals surface area contributed by atoms with Crippen LogP contribution in [0.1, 0.15) is 66.2 Å². The summed E-state index contributed by atoms with van der Waals surface area (Å²) in [7, 11) is 3.47. The predicted octanol–water partition coefficient (Wildman–Crippen LogP) is 3.63. The van der Waals surface area contributed by atoms with Crippen molar-refractivity contribution < 1.29 is 19.7 Å². The standard InChI is InChI=1S/C24H45NO4/c1-13(2)17-9-15(10-18(14(3)4)22(17)28-5)11-20-19-12-16(24(27)29-6)7-8-21(19)25-23(20)26/h13-27H,7-12H2,1-6H3. The fourth-order valence-electron chi connectivity index (χ4n) is 6.93. The third-order valence-corrected chi connectivity index (χ3v) is 8.57. The molecule has 0 aromatic heterocycles. The Morgan fingerprint density at radius 1 is 0.966 bits per heavy atom. The molecule has 1 saturated heterocycles. The van der Waals surface area contributed by atoms with Crippen LogP contribution in [-0.2, 0) is 9.47 Å². The average Bonchev–Trinajstić information content (AvgIpc) is 3.00. The van der Waals surface area contributed by atoms with Crippen LogP contribution in [0.5, 0.6) is 0 Å². The highest BCUT2D eigenvalue weighted by Gasteiger charge is 2.48. The molecule has 0 bridgehead atoms. The van der Waals surface area contributed by atoms with Crippen LogP contribution < -0.4 is 5.32 Å². The lowest BCUT2D eigenvalue weighted by atomic mass is 9.63. The number of hydrogen-bond donors (Lipinski definition) is 3. The maximum Gasteiger partial charge on any atom is 0.156 e. The van der Waals surface area contributed by atoms with E-state index >= 15 is 0 Å². The van der Waals surface area contributed by atoms with Crippen LogP contribution in [-0.4, -0.2) is 49.1 Å². The summed E-state index contributed by atoms with van der Waals surface area (Å²) in [6, 6.07) is 0.382. The molecule has 5 nitrogen and oxygen atoms in total. The van der Waals surface area contributed by atoms with Gasteiger partial charge in [0.25, 0.3) is 0 Å². The zero-order chi connectivity index (χ0) is 21.3. The molecule has 8 atom stereocenters. The quantitative estimate of drug-likeness (QED) is 0.558. The van der Waals surface area contributed by atoms with Crippen molar-refractivity contribution in [3.8, 4) is 0 Å². The highest BCUT2D eigenvalue weighted by Crippen LogP contribution is 2.48. The normalized spacial score (nSPS) is 44.3. The predicted molar refractivity (Wildman–Crippen MR) is 115 cm³/mol. The summed E-state index contributed by atoms with van der Waals surface area (Å²) in [6.45, 7) is 9.32. The molecule has 3 aliphatic rings. The molecule has 170 valence electrons. The molecule has 3 N–H and O–H groups in total. The first-order chi connectivity index (χ1) is 13.8. The third-order valence-electron chi connectivity index (χ3n) is 8.57. The Kier molecular flexibility index (Phi) is 8.05. The van der Waals surface area contributed by atoms with Crippen LogP contribution >= 0.6 is 0 Å². The molecule has 8 unspecified atom stereocenters. The molecule has 1 aliphatic heterocycles. The van der Waals surface area contributed by atoms with Gasteiger partial charge in [-0.05, 0) is 74.0 Å². The number of aliphatic hydroxyl groups excluding tert-OH is 2. The van der Waals surface area contributed by atoms with E-state index in [-0.39, 0.29) is 11.8 Å². The molecule has 0 amide bonds. The van der Waals surface area contributed by atoms with E-state index in [4.69, 9.17) is 9.47 Å². The summed E-state index contributed by atoms with van der Waals surface area (Å²) in [5.74, 6) is 3.92. The van der Waals surface area contributed by atoms with Crippen LogP contribution in [0.25, 0.3) is 0 Å². The van der Waals surface area contributed by atoms with E-state index in [0.717, 1.165) is 25.7 Å². The van der Waals surface area contributed by atoms with E-state index in [0.29, 0.717) is 47.7 Å². The van der Waals surface area contributed by atoms with Gasteiger partial charge in [0.15, 0.2) is 6.29 Å². The summed E-state index contributed by atoms with van der Waals surface area (Å²) in [5.41, 5.74) is 0. The third kappa shape index (κ3) is 5.01. The lowest BCUT2D eigenvalue weighted by Crippen LogP contribution is -2.44. The number of hydrogen-bond acceptors (Lipinski definition) is 5. The van der Waals surface area contributed by atoms with E-state index in [1.165, 1.54) is 12.8 Å². The number of rotatable bonds is 7. The first-order valence-electron chi connectivity index (χ1n) is 11.9. The summed E-state index contributed by atoms with van der Waals surface area (Å²) < 4.78 is 11.2. The molecular formula is C24H45NO4. The van der Waals surface area contributed by atoms with Gasteiger partial charge in [-0.2, -0.15) is 0 Å². The summed E-state index contributed by atoms with van der Waals surface area (Å²) in [6.07, 6.45) is 5.66. The van der Waals surface area contributed by atoms with Gasteiger partial charge in [-0.15, -0.1) is 0 Å². The SMILES string of the molecule is COC(O)C1CCC2NC(O)C(CC3CC(C(C)C)C(OC)C(C(C)C)C3)C2C1. The maximum atomic E-state index is 10.9. The van der Waals surface area contributed by atoms with Crippen molar-refractivity contribution >= 4 is 0 Å². The molecule has 0 aromatic carbocycles. The van der Waals surface area contributed by atoms with Crippen molar-refractivity contribution in [3.63, 3.8) is 0 Å². The molecule has 3 fully saturated rings. The monoisotopic (exact) mass is 411 g/mol. The second-order valence-electron chi connectivity index (χ2n) is 10.8. The average molecular weight is 412 g/mol. The van der Waals surface area contributed by atoms with E-state index < -0.39 is 12.5 Å². The van der Waals surface area contributed by atoms with Crippen molar-refractivity contribution in [2.75, 3.05) is 14.2 Å². The Balaban J connectivity index is 1.71. The fraction of sp³-hybridized carbons (Fsp3) is 1.00. The van der Waals surface area contributed by atoms with Gasteiger partial charge >= 0.3 is 0 Å². The number of nitrogens with one attached hydrogen (secondary N) is 1. The second-order valence-corrected chi connectivity index (χ2v) is 10.8. The van der Waals surface area contributed by atoms with Gasteiger partial charge in [0.05, 0.1) is 6.10 Å². The van der Waals surface area contributed by atoms with Gasteiger partial charge in [-0.3, -0.25) is 5.32 Å². The van der Waals surface area contributed by atoms with Crippen LogP contribution in [0.3, 0.4) is 0 Å². The molecule has 2 aliphatic carbocycles. The van der Waals surface area contributed by atoms with Gasteiger partial charge in [0.1, 0.15) is 6.23 Å². The summed E-state index contributed by atoms with van der Waals surface area (Å²) in [5, 5.41) is 24.5. The van der Waals surface area contributed by atoms with Gasteiger partial charge < -0.3 is 19.7 Å². The number of fused-ring (bicyclic) bond motifs is 1. The lowest BCUT2D eigenvalue weighted by molar-refractivity contribution is -0.127. The minimum absolute atomic E-state index is 0.187. The molecule has 2 saturated carbocycles. The van der Waals surface area contributed by atoms with Crippen molar-refractivity contribution in [1.82, 2.24) is 5.32 Å². The van der Waals surface area contributed by atoms with Crippen LogP contribution in [0.2, 0.25) is 0 Å². The number of methoxy groups -OCH3 is 2. The Labute approximate surface area is 177 Å². The Morgan fingerprint density at radius 3 is 2.10 bits per heavy atom. The van der Waals surface area contributed by atoms with Crippen LogP contribution in [0, 0.1) is 47.3 Å². The summed E-state index contributed by atoms with van der Waals surface area (Å²) >= 11 is 0. The second kappa shape index (κ2) is 9.95. The zero-order valence-electron chi connectivity index (χ0n) is 19.4. The van der Waals surface area contributed by atoms with E-state index in [1.807, 2.05) is 7.11 Å². The van der Waals surface area contributed by atoms with Crippen LogP contribution in [0.4, 0.5) is 0 Å². The van der Waals surface area contributed by atoms with E-state index in [9.17, 15) is 10.2 Å². The number of ether oxygens (including phenoxy) is 2. The Morgan fingerprint density at radius 2 is 1.59 bits per heavy atom. The molecule has 3 rings (SSSR count). The first-order valence-corrected chi connectivity index (χ1v) is 11.9. The van der Waals surface area contributed by atoms with Gasteiger partial charge in [0, 0.05) is 32.1 Å². The molecule has 0 radical (unpaired) electrons. The van der Waals surface area contributed by atoms with Gasteiger partial charge in [-0.25, -0.2) is 0 Å². The molecule has 0 aromatic rings. The van der Waals surface area contributed by atoms with Crippen molar-refractivity contribution in [3.05, 3.63) is 0 Å². The van der Waals surface area contributed by atoms with Crippen molar-refractivity contribution in [2.24, 2.45) is 47.3 Å². The van der Waals surface area contributed by atoms with Gasteiger partial charge in [0.2, 0.25) is 0 Å². The zero-order valence-corrected chi connectivity index (χ0v) is 19.4. The van der Waals surface area contributed by atoms with E-state index in [2.05, 4.69) is 33.0 Å². The van der Waals surface area contributed by atoms with Gasteiger partial charge in [-0.1, -0.05) is 27.7 Å². The molecular weight excluding hydrogens is 366 g/mol. The Hall–Kier alpha value is -0.200. The maximum absolute atomic E-state index is 10.9. The fourth-order valence-corrected chi connectivity index (χ4v) is 6.93. The minimum Gasteiger partial charge on any atom is -0.381 e. The summed E-state index contributed by atoms with van der Waals surface area (Å²) in [4.78, 5) is 0. The number of aliphatic hydroxyl groups is 2.